The third-order valence-electron chi connectivity index (χ3n) is 5.03. The SMILES string of the molecule is CCCCOCCOCCNC(=NC)NCC(C(C)C)N1CCN(C)CC1. The number of nitrogens with one attached hydrogen (secondary N) is 2. The average Bonchev–Trinajstić information content (AvgIpc) is 2.66. The fourth-order valence-electron chi connectivity index (χ4n) is 3.17. The second-order valence-electron chi connectivity index (χ2n) is 7.61. The molecule has 0 aliphatic carbocycles. The maximum atomic E-state index is 5.59. The molecule has 1 aliphatic heterocycles. The van der Waals surface area contributed by atoms with E-state index in [0.29, 0.717) is 31.8 Å². The Morgan fingerprint density at radius 1 is 1.00 bits per heavy atom. The molecule has 7 nitrogen and oxygen atoms in total. The normalized spacial score (nSPS) is 18.1. The minimum Gasteiger partial charge on any atom is -0.379 e. The number of hydrogen-bond donors (Lipinski definition) is 2. The van der Waals surface area contributed by atoms with Crippen molar-refractivity contribution in [3.63, 3.8) is 0 Å². The summed E-state index contributed by atoms with van der Waals surface area (Å²) < 4.78 is 11.1. The summed E-state index contributed by atoms with van der Waals surface area (Å²) in [4.78, 5) is 9.33. The lowest BCUT2D eigenvalue weighted by atomic mass is 10.0. The quantitative estimate of drug-likeness (QED) is 0.283. The fraction of sp³-hybridized carbons (Fsp3) is 0.950. The Morgan fingerprint density at radius 3 is 2.26 bits per heavy atom. The molecule has 1 saturated heterocycles. The fourth-order valence-corrected chi connectivity index (χ4v) is 3.17. The molecule has 1 unspecified atom stereocenters. The molecule has 0 aromatic heterocycles. The van der Waals surface area contributed by atoms with Crippen molar-refractivity contribution in [1.29, 1.82) is 0 Å². The van der Waals surface area contributed by atoms with Crippen LogP contribution in [-0.2, 0) is 9.47 Å². The molecule has 0 saturated carbocycles. The number of rotatable bonds is 13. The van der Waals surface area contributed by atoms with Crippen LogP contribution in [0.5, 0.6) is 0 Å². The van der Waals surface area contributed by atoms with Gasteiger partial charge in [0.05, 0.1) is 19.8 Å². The Labute approximate surface area is 166 Å². The van der Waals surface area contributed by atoms with Gasteiger partial charge in [-0.25, -0.2) is 0 Å². The van der Waals surface area contributed by atoms with E-state index in [4.69, 9.17) is 9.47 Å². The minimum atomic E-state index is 0.522. The van der Waals surface area contributed by atoms with E-state index in [1.165, 1.54) is 6.42 Å². The molecular formula is C20H43N5O2. The van der Waals surface area contributed by atoms with Crippen LogP contribution in [0.1, 0.15) is 33.6 Å². The molecule has 0 aromatic rings. The van der Waals surface area contributed by atoms with E-state index in [-0.39, 0.29) is 0 Å². The third-order valence-corrected chi connectivity index (χ3v) is 5.03. The van der Waals surface area contributed by atoms with Crippen LogP contribution in [0.15, 0.2) is 4.99 Å². The van der Waals surface area contributed by atoms with E-state index in [9.17, 15) is 0 Å². The van der Waals surface area contributed by atoms with Gasteiger partial charge in [-0.15, -0.1) is 0 Å². The average molecular weight is 386 g/mol. The predicted octanol–water partition coefficient (Wildman–Crippen LogP) is 1.26. The zero-order chi connectivity index (χ0) is 19.9. The third kappa shape index (κ3) is 10.9. The Kier molecular flexibility index (Phi) is 13.5. The van der Waals surface area contributed by atoms with Crippen molar-refractivity contribution in [3.8, 4) is 0 Å². The first kappa shape index (κ1) is 24.1. The number of piperazine rings is 1. The van der Waals surface area contributed by atoms with E-state index in [0.717, 1.165) is 58.3 Å². The molecule has 160 valence electrons. The van der Waals surface area contributed by atoms with E-state index in [1.54, 1.807) is 0 Å². The largest absolute Gasteiger partial charge is 0.379 e. The summed E-state index contributed by atoms with van der Waals surface area (Å²) in [5.41, 5.74) is 0. The molecule has 0 bridgehead atoms. The number of unbranched alkanes of at least 4 members (excludes halogenated alkanes) is 1. The second kappa shape index (κ2) is 15.1. The highest BCUT2D eigenvalue weighted by Crippen LogP contribution is 2.12. The molecule has 2 N–H and O–H groups in total. The highest BCUT2D eigenvalue weighted by atomic mass is 16.5. The molecule has 27 heavy (non-hydrogen) atoms. The van der Waals surface area contributed by atoms with Gasteiger partial charge < -0.3 is 25.0 Å². The number of guanidine groups is 1. The van der Waals surface area contributed by atoms with E-state index in [2.05, 4.69) is 53.2 Å². The molecule has 1 rings (SSSR count). The van der Waals surface area contributed by atoms with Crippen LogP contribution in [0, 0.1) is 5.92 Å². The minimum absolute atomic E-state index is 0.522. The van der Waals surface area contributed by atoms with Crippen molar-refractivity contribution in [2.45, 2.75) is 39.7 Å². The summed E-state index contributed by atoms with van der Waals surface area (Å²) in [7, 11) is 4.02. The first-order valence-electron chi connectivity index (χ1n) is 10.6. The molecule has 1 aliphatic rings. The van der Waals surface area contributed by atoms with Gasteiger partial charge >= 0.3 is 0 Å². The maximum Gasteiger partial charge on any atom is 0.191 e. The maximum absolute atomic E-state index is 5.59. The molecule has 0 spiro atoms. The summed E-state index contributed by atoms with van der Waals surface area (Å²) in [6.45, 7) is 15.8. The zero-order valence-electron chi connectivity index (χ0n) is 18.3. The predicted molar refractivity (Wildman–Crippen MR) is 114 cm³/mol. The Balaban J connectivity index is 2.18. The van der Waals surface area contributed by atoms with Gasteiger partial charge in [0.2, 0.25) is 0 Å². The zero-order valence-corrected chi connectivity index (χ0v) is 18.3. The van der Waals surface area contributed by atoms with Crippen LogP contribution in [0.2, 0.25) is 0 Å². The molecule has 0 aromatic carbocycles. The number of likely N-dealkylation sites (N-methyl/N-ethyl adjacent to an activating group) is 1. The lowest BCUT2D eigenvalue weighted by Gasteiger charge is -2.40. The second-order valence-corrected chi connectivity index (χ2v) is 7.61. The summed E-state index contributed by atoms with van der Waals surface area (Å²) in [6.07, 6.45) is 2.29. The first-order chi connectivity index (χ1) is 13.1. The molecular weight excluding hydrogens is 342 g/mol. The van der Waals surface area contributed by atoms with Gasteiger partial charge in [-0.1, -0.05) is 27.2 Å². The molecule has 1 heterocycles. The van der Waals surface area contributed by atoms with E-state index in [1.807, 2.05) is 7.05 Å². The number of hydrogen-bond acceptors (Lipinski definition) is 5. The van der Waals surface area contributed by atoms with Gasteiger partial charge in [0, 0.05) is 59.0 Å². The van der Waals surface area contributed by atoms with Gasteiger partial charge in [-0.2, -0.15) is 0 Å². The van der Waals surface area contributed by atoms with Crippen molar-refractivity contribution in [3.05, 3.63) is 0 Å². The summed E-state index contributed by atoms with van der Waals surface area (Å²) in [5, 5.41) is 6.82. The van der Waals surface area contributed by atoms with Crippen LogP contribution in [0.3, 0.4) is 0 Å². The lowest BCUT2D eigenvalue weighted by molar-refractivity contribution is 0.0487. The van der Waals surface area contributed by atoms with Gasteiger partial charge in [-0.3, -0.25) is 9.89 Å². The number of aliphatic imine (C=N–C) groups is 1. The van der Waals surface area contributed by atoms with Crippen LogP contribution in [0.4, 0.5) is 0 Å². The topological polar surface area (TPSA) is 61.4 Å². The van der Waals surface area contributed by atoms with Crippen molar-refractivity contribution < 1.29 is 9.47 Å². The van der Waals surface area contributed by atoms with Crippen LogP contribution in [-0.4, -0.2) is 102 Å². The molecule has 0 radical (unpaired) electrons. The van der Waals surface area contributed by atoms with Crippen molar-refractivity contribution >= 4 is 5.96 Å². The molecule has 0 amide bonds. The monoisotopic (exact) mass is 385 g/mol. The van der Waals surface area contributed by atoms with E-state index >= 15 is 0 Å². The molecule has 7 heteroatoms. The van der Waals surface area contributed by atoms with Gasteiger partial charge in [0.15, 0.2) is 5.96 Å². The van der Waals surface area contributed by atoms with Crippen LogP contribution >= 0.6 is 0 Å². The standard InChI is InChI=1S/C20H43N5O2/c1-6-7-13-26-15-16-27-14-8-22-20(21-4)23-17-19(18(2)3)25-11-9-24(5)10-12-25/h18-19H,6-17H2,1-5H3,(H2,21,22,23). The highest BCUT2D eigenvalue weighted by Gasteiger charge is 2.24. The Hall–Kier alpha value is -0.890. The van der Waals surface area contributed by atoms with Gasteiger partial charge in [-0.05, 0) is 19.4 Å². The Morgan fingerprint density at radius 2 is 1.67 bits per heavy atom. The summed E-state index contributed by atoms with van der Waals surface area (Å²) in [5.74, 6) is 1.45. The molecule has 1 atom stereocenters. The molecule has 1 fully saturated rings. The van der Waals surface area contributed by atoms with Crippen LogP contribution in [0.25, 0.3) is 0 Å². The smallest absolute Gasteiger partial charge is 0.191 e. The van der Waals surface area contributed by atoms with Crippen molar-refractivity contribution in [1.82, 2.24) is 20.4 Å². The first-order valence-corrected chi connectivity index (χ1v) is 10.6. The highest BCUT2D eigenvalue weighted by molar-refractivity contribution is 5.79. The van der Waals surface area contributed by atoms with Gasteiger partial charge in [0.25, 0.3) is 0 Å². The lowest BCUT2D eigenvalue weighted by Crippen LogP contribution is -2.55. The number of ether oxygens (including phenoxy) is 2. The summed E-state index contributed by atoms with van der Waals surface area (Å²) in [6, 6.07) is 0.522. The van der Waals surface area contributed by atoms with Crippen molar-refractivity contribution in [2.24, 2.45) is 10.9 Å². The van der Waals surface area contributed by atoms with Crippen LogP contribution < -0.4 is 10.6 Å². The van der Waals surface area contributed by atoms with Gasteiger partial charge in [0.1, 0.15) is 0 Å². The Bertz CT molecular complexity index is 385. The van der Waals surface area contributed by atoms with E-state index < -0.39 is 0 Å². The number of nitrogens with zero attached hydrogens (tertiary/aromatic N) is 3. The van der Waals surface area contributed by atoms with Crippen molar-refractivity contribution in [2.75, 3.05) is 79.8 Å². The summed E-state index contributed by atoms with van der Waals surface area (Å²) >= 11 is 0.